The normalized spacial score (nSPS) is 45.1. The highest BCUT2D eigenvalue weighted by atomic mass is 19.1. The number of rotatable bonds is 2. The third kappa shape index (κ3) is 2.55. The van der Waals surface area contributed by atoms with Crippen molar-refractivity contribution in [3.63, 3.8) is 0 Å². The Morgan fingerprint density at radius 2 is 1.96 bits per heavy atom. The van der Waals surface area contributed by atoms with Gasteiger partial charge in [-0.15, -0.1) is 0 Å². The molecule has 6 atom stereocenters. The fourth-order valence-corrected chi connectivity index (χ4v) is 7.21. The quantitative estimate of drug-likeness (QED) is 0.636. The number of halogens is 1. The molecule has 0 aromatic carbocycles. The van der Waals surface area contributed by atoms with E-state index in [1.54, 1.807) is 7.11 Å². The lowest BCUT2D eigenvalue weighted by molar-refractivity contribution is -0.134. The third-order valence-electron chi connectivity index (χ3n) is 8.51. The molecule has 148 valence electrons. The molecule has 27 heavy (non-hydrogen) atoms. The number of methoxy groups -OCH3 is 1. The van der Waals surface area contributed by atoms with Crippen LogP contribution in [0, 0.1) is 34.5 Å². The van der Waals surface area contributed by atoms with Crippen LogP contribution in [0.5, 0.6) is 0 Å². The standard InChI is InChI=1S/C23H31FO3/c1-13-12-23(3)14(11-19(13)27-4)5-6-15-16-7-8-18(20(24)21(25)26)22(16,2)10-9-17(15)23/h5,11,13,15-17H,6-10,12H2,1-4H3,(H,25,26)/t13?,15-,16-,17-,22-,23-/m0/s1. The zero-order chi connectivity index (χ0) is 19.6. The van der Waals surface area contributed by atoms with E-state index < -0.39 is 11.8 Å². The molecule has 1 N–H and O–H groups in total. The van der Waals surface area contributed by atoms with Gasteiger partial charge in [-0.3, -0.25) is 0 Å². The topological polar surface area (TPSA) is 46.5 Å². The van der Waals surface area contributed by atoms with Crippen LogP contribution in [0.1, 0.15) is 59.3 Å². The lowest BCUT2D eigenvalue weighted by Gasteiger charge is -2.57. The molecule has 0 heterocycles. The number of ether oxygens (including phenoxy) is 1. The summed E-state index contributed by atoms with van der Waals surface area (Å²) in [6, 6.07) is 0. The van der Waals surface area contributed by atoms with E-state index in [1.165, 1.54) is 5.57 Å². The first-order valence-electron chi connectivity index (χ1n) is 10.3. The minimum Gasteiger partial charge on any atom is -0.501 e. The second-order valence-electron chi connectivity index (χ2n) is 9.64. The Kier molecular flexibility index (Phi) is 4.32. The van der Waals surface area contributed by atoms with Crippen molar-refractivity contribution in [3.05, 3.63) is 34.9 Å². The maximum absolute atomic E-state index is 14.4. The second-order valence-corrected chi connectivity index (χ2v) is 9.64. The predicted molar refractivity (Wildman–Crippen MR) is 102 cm³/mol. The first-order valence-corrected chi connectivity index (χ1v) is 10.3. The Bertz CT molecular complexity index is 764. The van der Waals surface area contributed by atoms with Crippen LogP contribution in [0.25, 0.3) is 0 Å². The molecule has 0 spiro atoms. The average Bonchev–Trinajstić information content (AvgIpc) is 2.97. The molecular weight excluding hydrogens is 343 g/mol. The van der Waals surface area contributed by atoms with Gasteiger partial charge in [-0.2, -0.15) is 4.39 Å². The predicted octanol–water partition coefficient (Wildman–Crippen LogP) is 5.64. The van der Waals surface area contributed by atoms with E-state index in [2.05, 4.69) is 32.9 Å². The summed E-state index contributed by atoms with van der Waals surface area (Å²) in [6.45, 7) is 6.76. The number of carbonyl (C=O) groups is 1. The number of carboxylic acid groups (broad SMARTS) is 1. The molecule has 0 amide bonds. The van der Waals surface area contributed by atoms with Crippen molar-refractivity contribution in [3.8, 4) is 0 Å². The largest absolute Gasteiger partial charge is 0.501 e. The van der Waals surface area contributed by atoms with Gasteiger partial charge < -0.3 is 9.84 Å². The molecular formula is C23H31FO3. The van der Waals surface area contributed by atoms with Crippen LogP contribution in [0.4, 0.5) is 4.39 Å². The smallest absolute Gasteiger partial charge is 0.364 e. The van der Waals surface area contributed by atoms with Crippen LogP contribution in [-0.2, 0) is 9.53 Å². The highest BCUT2D eigenvalue weighted by Crippen LogP contribution is 2.66. The number of fused-ring (bicyclic) bond motifs is 5. The number of carboxylic acids is 1. The Morgan fingerprint density at radius 3 is 2.63 bits per heavy atom. The van der Waals surface area contributed by atoms with E-state index in [4.69, 9.17) is 4.74 Å². The van der Waals surface area contributed by atoms with Crippen molar-refractivity contribution < 1.29 is 19.0 Å². The van der Waals surface area contributed by atoms with Crippen LogP contribution < -0.4 is 0 Å². The van der Waals surface area contributed by atoms with Gasteiger partial charge in [0.25, 0.3) is 0 Å². The van der Waals surface area contributed by atoms with E-state index in [0.717, 1.165) is 37.9 Å². The van der Waals surface area contributed by atoms with Gasteiger partial charge in [0.2, 0.25) is 5.83 Å². The molecule has 1 unspecified atom stereocenters. The SMILES string of the molecule is COC1=CC2=CC[C@@H]3[C@H](CC[C@]4(C)C(=C(F)C(=O)O)CC[C@@H]34)[C@@]2(C)CC1C. The number of aliphatic carboxylic acids is 1. The van der Waals surface area contributed by atoms with Gasteiger partial charge >= 0.3 is 5.97 Å². The van der Waals surface area contributed by atoms with Crippen molar-refractivity contribution in [2.75, 3.05) is 7.11 Å². The minimum absolute atomic E-state index is 0.142. The fraction of sp³-hybridized carbons (Fsp3) is 0.696. The lowest BCUT2D eigenvalue weighted by Crippen LogP contribution is -2.49. The minimum atomic E-state index is -1.40. The zero-order valence-electron chi connectivity index (χ0n) is 16.8. The van der Waals surface area contributed by atoms with E-state index >= 15 is 0 Å². The summed E-state index contributed by atoms with van der Waals surface area (Å²) in [5, 5.41) is 9.19. The lowest BCUT2D eigenvalue weighted by atomic mass is 9.48. The molecule has 4 rings (SSSR count). The summed E-state index contributed by atoms with van der Waals surface area (Å²) in [6.07, 6.45) is 10.2. The first-order chi connectivity index (χ1) is 12.7. The number of allylic oxidation sites excluding steroid dienone is 5. The molecule has 0 saturated heterocycles. The van der Waals surface area contributed by atoms with Crippen molar-refractivity contribution in [1.29, 1.82) is 0 Å². The van der Waals surface area contributed by atoms with Crippen LogP contribution >= 0.6 is 0 Å². The Morgan fingerprint density at radius 1 is 1.26 bits per heavy atom. The molecule has 2 fully saturated rings. The molecule has 4 heteroatoms. The van der Waals surface area contributed by atoms with Gasteiger partial charge in [-0.05, 0) is 84.3 Å². The summed E-state index contributed by atoms with van der Waals surface area (Å²) in [5.41, 5.74) is 1.83. The van der Waals surface area contributed by atoms with Gasteiger partial charge in [0.05, 0.1) is 12.9 Å². The molecule has 0 bridgehead atoms. The number of hydrogen-bond acceptors (Lipinski definition) is 2. The molecule has 0 aromatic heterocycles. The molecule has 0 aliphatic heterocycles. The third-order valence-corrected chi connectivity index (χ3v) is 8.51. The Labute approximate surface area is 161 Å². The van der Waals surface area contributed by atoms with Crippen LogP contribution in [0.3, 0.4) is 0 Å². The highest BCUT2D eigenvalue weighted by Gasteiger charge is 2.58. The van der Waals surface area contributed by atoms with E-state index in [0.29, 0.717) is 35.7 Å². The van der Waals surface area contributed by atoms with Crippen molar-refractivity contribution >= 4 is 5.97 Å². The van der Waals surface area contributed by atoms with E-state index in [-0.39, 0.29) is 10.8 Å². The van der Waals surface area contributed by atoms with Crippen LogP contribution in [0.15, 0.2) is 34.9 Å². The van der Waals surface area contributed by atoms with Crippen LogP contribution in [0.2, 0.25) is 0 Å². The fourth-order valence-electron chi connectivity index (χ4n) is 7.21. The van der Waals surface area contributed by atoms with E-state index in [1.807, 2.05) is 0 Å². The zero-order valence-corrected chi connectivity index (χ0v) is 16.8. The van der Waals surface area contributed by atoms with Gasteiger partial charge in [0.15, 0.2) is 0 Å². The molecule has 4 aliphatic rings. The second kappa shape index (κ2) is 6.22. The van der Waals surface area contributed by atoms with Crippen LogP contribution in [-0.4, -0.2) is 18.2 Å². The van der Waals surface area contributed by atoms with Crippen molar-refractivity contribution in [2.24, 2.45) is 34.5 Å². The molecule has 2 saturated carbocycles. The molecule has 0 aromatic rings. The van der Waals surface area contributed by atoms with Gasteiger partial charge in [-0.1, -0.05) is 26.8 Å². The maximum Gasteiger partial charge on any atom is 0.364 e. The molecule has 3 nitrogen and oxygen atoms in total. The Hall–Kier alpha value is -1.58. The van der Waals surface area contributed by atoms with E-state index in [9.17, 15) is 14.3 Å². The molecule has 0 radical (unpaired) electrons. The van der Waals surface area contributed by atoms with Crippen molar-refractivity contribution in [2.45, 2.75) is 59.3 Å². The van der Waals surface area contributed by atoms with Gasteiger partial charge in [-0.25, -0.2) is 4.79 Å². The van der Waals surface area contributed by atoms with Gasteiger partial charge in [0.1, 0.15) is 0 Å². The highest BCUT2D eigenvalue weighted by molar-refractivity contribution is 5.85. The maximum atomic E-state index is 14.4. The first kappa shape index (κ1) is 18.8. The molecule has 4 aliphatic carbocycles. The van der Waals surface area contributed by atoms with Gasteiger partial charge in [0, 0.05) is 5.92 Å². The summed E-state index contributed by atoms with van der Waals surface area (Å²) >= 11 is 0. The summed E-state index contributed by atoms with van der Waals surface area (Å²) in [7, 11) is 1.76. The van der Waals surface area contributed by atoms with Crippen molar-refractivity contribution in [1.82, 2.24) is 0 Å². The number of hydrogen-bond donors (Lipinski definition) is 1. The summed E-state index contributed by atoms with van der Waals surface area (Å²) in [5.74, 6) is 0.677. The summed E-state index contributed by atoms with van der Waals surface area (Å²) < 4.78 is 20.0. The Balaban J connectivity index is 1.71. The average molecular weight is 374 g/mol. The summed E-state index contributed by atoms with van der Waals surface area (Å²) in [4.78, 5) is 11.3. The monoisotopic (exact) mass is 374 g/mol.